The summed E-state index contributed by atoms with van der Waals surface area (Å²) in [5, 5.41) is 4.14. The van der Waals surface area contributed by atoms with Crippen LogP contribution in [0.25, 0.3) is 0 Å². The van der Waals surface area contributed by atoms with E-state index >= 15 is 0 Å². The summed E-state index contributed by atoms with van der Waals surface area (Å²) < 4.78 is 0.963. The lowest BCUT2D eigenvalue weighted by Gasteiger charge is -2.20. The maximum absolute atomic E-state index is 6.17. The first kappa shape index (κ1) is 17.8. The summed E-state index contributed by atoms with van der Waals surface area (Å²) in [5.41, 5.74) is 0.944. The van der Waals surface area contributed by atoms with Crippen molar-refractivity contribution >= 4 is 33.2 Å². The summed E-state index contributed by atoms with van der Waals surface area (Å²) in [6, 6.07) is 2.52. The zero-order valence-electron chi connectivity index (χ0n) is 12.6. The van der Waals surface area contributed by atoms with Gasteiger partial charge >= 0.3 is 0 Å². The van der Waals surface area contributed by atoms with Crippen LogP contribution in [-0.4, -0.2) is 11.0 Å². The highest BCUT2D eigenvalue weighted by Crippen LogP contribution is 2.25. The van der Waals surface area contributed by atoms with Gasteiger partial charge in [0.25, 0.3) is 0 Å². The van der Waals surface area contributed by atoms with Gasteiger partial charge in [0, 0.05) is 16.7 Å². The van der Waals surface area contributed by atoms with E-state index in [9.17, 15) is 0 Å². The maximum Gasteiger partial charge on any atom is 0.152 e. The molecule has 0 bridgehead atoms. The molecule has 0 saturated carbocycles. The summed E-state index contributed by atoms with van der Waals surface area (Å²) in [4.78, 5) is 4.18. The number of halogens is 2. The predicted octanol–water partition coefficient (Wildman–Crippen LogP) is 6.44. The fourth-order valence-electron chi connectivity index (χ4n) is 2.31. The van der Waals surface area contributed by atoms with Gasteiger partial charge in [0.15, 0.2) is 5.15 Å². The number of pyridine rings is 1. The Labute approximate surface area is 136 Å². The van der Waals surface area contributed by atoms with Gasteiger partial charge in [-0.1, -0.05) is 64.0 Å². The van der Waals surface area contributed by atoms with E-state index in [2.05, 4.69) is 40.1 Å². The minimum Gasteiger partial charge on any atom is -0.380 e. The van der Waals surface area contributed by atoms with Crippen molar-refractivity contribution in [3.8, 4) is 0 Å². The van der Waals surface area contributed by atoms with Crippen molar-refractivity contribution < 1.29 is 0 Å². The molecule has 0 aromatic carbocycles. The summed E-state index contributed by atoms with van der Waals surface area (Å²) in [6.45, 7) is 4.49. The van der Waals surface area contributed by atoms with Gasteiger partial charge in [-0.05, 0) is 34.8 Å². The molecule has 1 aromatic heterocycles. The minimum absolute atomic E-state index is 0.502. The standard InChI is InChI=1S/C16H26BrClN2/c1-3-5-7-9-14(10-8-6-4-2)20-15-11-13(17)12-19-16(15)18/h11-12,14,20H,3-10H2,1-2H3. The number of nitrogens with one attached hydrogen (secondary N) is 1. The van der Waals surface area contributed by atoms with Crippen LogP contribution in [0.15, 0.2) is 16.7 Å². The van der Waals surface area contributed by atoms with Gasteiger partial charge in [-0.2, -0.15) is 0 Å². The Bertz CT molecular complexity index is 375. The third kappa shape index (κ3) is 6.94. The number of anilines is 1. The Morgan fingerprint density at radius 2 is 1.75 bits per heavy atom. The average Bonchev–Trinajstić information content (AvgIpc) is 2.43. The molecule has 4 heteroatoms. The molecule has 0 aliphatic rings. The van der Waals surface area contributed by atoms with E-state index in [0.29, 0.717) is 11.2 Å². The highest BCUT2D eigenvalue weighted by atomic mass is 79.9. The van der Waals surface area contributed by atoms with Crippen LogP contribution in [0.5, 0.6) is 0 Å². The van der Waals surface area contributed by atoms with E-state index in [0.717, 1.165) is 10.2 Å². The zero-order chi connectivity index (χ0) is 14.8. The average molecular weight is 362 g/mol. The van der Waals surface area contributed by atoms with Crippen LogP contribution in [0.3, 0.4) is 0 Å². The third-order valence-electron chi connectivity index (χ3n) is 3.48. The molecule has 1 aromatic rings. The van der Waals surface area contributed by atoms with Crippen LogP contribution in [0.4, 0.5) is 5.69 Å². The van der Waals surface area contributed by atoms with Crippen LogP contribution in [0, 0.1) is 0 Å². The second-order valence-electron chi connectivity index (χ2n) is 5.32. The van der Waals surface area contributed by atoms with Crippen molar-refractivity contribution in [2.24, 2.45) is 0 Å². The molecule has 20 heavy (non-hydrogen) atoms. The molecule has 0 aliphatic heterocycles. The largest absolute Gasteiger partial charge is 0.380 e. The second-order valence-corrected chi connectivity index (χ2v) is 6.60. The lowest BCUT2D eigenvalue weighted by molar-refractivity contribution is 0.526. The first-order chi connectivity index (χ1) is 9.67. The first-order valence-electron chi connectivity index (χ1n) is 7.75. The van der Waals surface area contributed by atoms with Crippen molar-refractivity contribution in [1.82, 2.24) is 4.98 Å². The Kier molecular flexibility index (Phi) is 9.28. The van der Waals surface area contributed by atoms with Crippen molar-refractivity contribution in [2.45, 2.75) is 71.3 Å². The number of unbranched alkanes of at least 4 members (excludes halogenated alkanes) is 4. The highest BCUT2D eigenvalue weighted by Gasteiger charge is 2.11. The Morgan fingerprint density at radius 1 is 1.15 bits per heavy atom. The molecule has 0 spiro atoms. The van der Waals surface area contributed by atoms with Gasteiger partial charge in [-0.3, -0.25) is 0 Å². The highest BCUT2D eigenvalue weighted by molar-refractivity contribution is 9.10. The number of nitrogens with zero attached hydrogens (tertiary/aromatic N) is 1. The topological polar surface area (TPSA) is 24.9 Å². The van der Waals surface area contributed by atoms with Gasteiger partial charge in [-0.25, -0.2) is 4.98 Å². The molecule has 0 amide bonds. The Hall–Kier alpha value is -0.280. The first-order valence-corrected chi connectivity index (χ1v) is 8.92. The molecule has 0 radical (unpaired) electrons. The summed E-state index contributed by atoms with van der Waals surface area (Å²) >= 11 is 9.62. The molecular weight excluding hydrogens is 336 g/mol. The molecule has 1 heterocycles. The van der Waals surface area contributed by atoms with E-state index in [-0.39, 0.29) is 0 Å². The van der Waals surface area contributed by atoms with Crippen LogP contribution in [-0.2, 0) is 0 Å². The van der Waals surface area contributed by atoms with Gasteiger partial charge < -0.3 is 5.32 Å². The van der Waals surface area contributed by atoms with Crippen LogP contribution in [0.1, 0.15) is 65.2 Å². The van der Waals surface area contributed by atoms with Gasteiger partial charge in [0.2, 0.25) is 0 Å². The molecule has 0 atom stereocenters. The Balaban J connectivity index is 2.58. The second kappa shape index (κ2) is 10.4. The monoisotopic (exact) mass is 360 g/mol. The van der Waals surface area contributed by atoms with Crippen LogP contribution in [0.2, 0.25) is 5.15 Å². The lowest BCUT2D eigenvalue weighted by atomic mass is 10.0. The van der Waals surface area contributed by atoms with E-state index in [1.54, 1.807) is 6.20 Å². The van der Waals surface area contributed by atoms with Gasteiger partial charge in [0.1, 0.15) is 0 Å². The summed E-state index contributed by atoms with van der Waals surface area (Å²) in [7, 11) is 0. The van der Waals surface area contributed by atoms with Crippen LogP contribution < -0.4 is 5.32 Å². The quantitative estimate of drug-likeness (QED) is 0.383. The molecule has 0 saturated heterocycles. The summed E-state index contributed by atoms with van der Waals surface area (Å²) in [5.74, 6) is 0. The van der Waals surface area contributed by atoms with Crippen molar-refractivity contribution in [3.05, 3.63) is 21.9 Å². The van der Waals surface area contributed by atoms with Crippen molar-refractivity contribution in [3.63, 3.8) is 0 Å². The van der Waals surface area contributed by atoms with Crippen LogP contribution >= 0.6 is 27.5 Å². The van der Waals surface area contributed by atoms with Gasteiger partial charge in [-0.15, -0.1) is 0 Å². The maximum atomic E-state index is 6.17. The van der Waals surface area contributed by atoms with E-state index < -0.39 is 0 Å². The molecular formula is C16H26BrClN2. The van der Waals surface area contributed by atoms with Gasteiger partial charge in [0.05, 0.1) is 5.69 Å². The molecule has 1 N–H and O–H groups in total. The zero-order valence-corrected chi connectivity index (χ0v) is 14.9. The normalized spacial score (nSPS) is 11.1. The lowest BCUT2D eigenvalue weighted by Crippen LogP contribution is -2.20. The molecule has 0 fully saturated rings. The van der Waals surface area contributed by atoms with E-state index in [4.69, 9.17) is 11.6 Å². The number of aromatic nitrogens is 1. The van der Waals surface area contributed by atoms with E-state index in [1.807, 2.05) is 6.07 Å². The molecule has 2 nitrogen and oxygen atoms in total. The number of hydrogen-bond acceptors (Lipinski definition) is 2. The van der Waals surface area contributed by atoms with Crippen molar-refractivity contribution in [2.75, 3.05) is 5.32 Å². The summed E-state index contributed by atoms with van der Waals surface area (Å²) in [6.07, 6.45) is 11.8. The SMILES string of the molecule is CCCCCC(CCCCC)Nc1cc(Br)cnc1Cl. The molecule has 1 rings (SSSR count). The molecule has 114 valence electrons. The number of hydrogen-bond donors (Lipinski definition) is 1. The third-order valence-corrected chi connectivity index (χ3v) is 4.21. The fourth-order valence-corrected chi connectivity index (χ4v) is 2.80. The fraction of sp³-hybridized carbons (Fsp3) is 0.688. The Morgan fingerprint density at radius 3 is 2.30 bits per heavy atom. The minimum atomic E-state index is 0.502. The smallest absolute Gasteiger partial charge is 0.152 e. The van der Waals surface area contributed by atoms with Crippen molar-refractivity contribution in [1.29, 1.82) is 0 Å². The molecule has 0 aliphatic carbocycles. The predicted molar refractivity (Wildman–Crippen MR) is 92.6 cm³/mol. The molecule has 0 unspecified atom stereocenters. The van der Waals surface area contributed by atoms with E-state index in [1.165, 1.54) is 51.4 Å². The number of rotatable bonds is 10.